The predicted molar refractivity (Wildman–Crippen MR) is 72.3 cm³/mol. The van der Waals surface area contributed by atoms with Crippen LogP contribution in [0.25, 0.3) is 0 Å². The van der Waals surface area contributed by atoms with Gasteiger partial charge in [-0.2, -0.15) is 11.8 Å². The number of hydrogen-bond acceptors (Lipinski definition) is 3. The quantitative estimate of drug-likeness (QED) is 0.905. The highest BCUT2D eigenvalue weighted by molar-refractivity contribution is 9.10. The summed E-state index contributed by atoms with van der Waals surface area (Å²) in [5, 5.41) is 0.261. The van der Waals surface area contributed by atoms with Gasteiger partial charge in [-0.3, -0.25) is 0 Å². The minimum Gasteiger partial charge on any atom is -0.210 e. The Kier molecular flexibility index (Phi) is 5.30. The van der Waals surface area contributed by atoms with Gasteiger partial charge in [0.15, 0.2) is 0 Å². The van der Waals surface area contributed by atoms with Gasteiger partial charge < -0.3 is 0 Å². The van der Waals surface area contributed by atoms with Crippen LogP contribution in [0.1, 0.15) is 6.92 Å². The first-order valence-corrected chi connectivity index (χ1v) is 8.31. The molecule has 1 rings (SSSR count). The van der Waals surface area contributed by atoms with Crippen molar-refractivity contribution in [2.45, 2.75) is 17.1 Å². The van der Waals surface area contributed by atoms with E-state index in [1.807, 2.05) is 13.2 Å². The molecular weight excluding hydrogens is 310 g/mol. The van der Waals surface area contributed by atoms with Gasteiger partial charge in [0.05, 0.1) is 4.90 Å². The molecule has 0 aromatic heterocycles. The lowest BCUT2D eigenvalue weighted by Crippen LogP contribution is -2.29. The predicted octanol–water partition coefficient (Wildman–Crippen LogP) is 2.48. The standard InChI is InChI=1S/C10H14BrNO2S2/c1-8(15-2)7-12-16(13,14)10-6-4-3-5-9(10)11/h3-6,8,12H,7H2,1-2H3. The highest BCUT2D eigenvalue weighted by atomic mass is 79.9. The fourth-order valence-corrected chi connectivity index (χ4v) is 3.54. The van der Waals surface area contributed by atoms with E-state index >= 15 is 0 Å². The molecule has 16 heavy (non-hydrogen) atoms. The molecule has 0 bridgehead atoms. The highest BCUT2D eigenvalue weighted by Crippen LogP contribution is 2.20. The Bertz CT molecular complexity index is 448. The normalized spacial score (nSPS) is 13.7. The van der Waals surface area contributed by atoms with Crippen LogP contribution in [0.4, 0.5) is 0 Å². The monoisotopic (exact) mass is 323 g/mol. The van der Waals surface area contributed by atoms with Crippen LogP contribution < -0.4 is 4.72 Å². The molecule has 1 atom stereocenters. The van der Waals surface area contributed by atoms with Crippen molar-refractivity contribution in [3.05, 3.63) is 28.7 Å². The minimum absolute atomic E-state index is 0.261. The second kappa shape index (κ2) is 6.05. The van der Waals surface area contributed by atoms with Crippen molar-refractivity contribution in [2.75, 3.05) is 12.8 Å². The molecule has 1 aromatic rings. The smallest absolute Gasteiger partial charge is 0.210 e. The van der Waals surface area contributed by atoms with E-state index in [0.29, 0.717) is 11.0 Å². The zero-order chi connectivity index (χ0) is 12.2. The SMILES string of the molecule is CSC(C)CNS(=O)(=O)c1ccccc1Br. The maximum absolute atomic E-state index is 11.9. The first-order valence-electron chi connectivity index (χ1n) is 4.74. The van der Waals surface area contributed by atoms with Gasteiger partial charge in [-0.25, -0.2) is 13.1 Å². The van der Waals surface area contributed by atoms with Crippen molar-refractivity contribution < 1.29 is 8.42 Å². The molecular formula is C10H14BrNO2S2. The fourth-order valence-electron chi connectivity index (χ4n) is 1.05. The lowest BCUT2D eigenvalue weighted by atomic mass is 10.4. The zero-order valence-corrected chi connectivity index (χ0v) is 12.3. The van der Waals surface area contributed by atoms with Gasteiger partial charge >= 0.3 is 0 Å². The molecule has 1 N–H and O–H groups in total. The molecule has 0 amide bonds. The average molecular weight is 324 g/mol. The van der Waals surface area contributed by atoms with E-state index < -0.39 is 10.0 Å². The average Bonchev–Trinajstić information content (AvgIpc) is 2.26. The molecule has 0 radical (unpaired) electrons. The fraction of sp³-hybridized carbons (Fsp3) is 0.400. The molecule has 0 spiro atoms. The number of halogens is 1. The summed E-state index contributed by atoms with van der Waals surface area (Å²) in [7, 11) is -3.41. The topological polar surface area (TPSA) is 46.2 Å². The summed E-state index contributed by atoms with van der Waals surface area (Å²) < 4.78 is 27.0. The van der Waals surface area contributed by atoms with E-state index in [-0.39, 0.29) is 10.1 Å². The summed E-state index contributed by atoms with van der Waals surface area (Å²) in [4.78, 5) is 0.281. The molecule has 6 heteroatoms. The largest absolute Gasteiger partial charge is 0.241 e. The van der Waals surface area contributed by atoms with Crippen molar-refractivity contribution in [1.82, 2.24) is 4.72 Å². The first-order chi connectivity index (χ1) is 7.47. The lowest BCUT2D eigenvalue weighted by molar-refractivity contribution is 0.581. The van der Waals surface area contributed by atoms with Crippen LogP contribution in [0, 0.1) is 0 Å². The summed E-state index contributed by atoms with van der Waals surface area (Å²) in [6.07, 6.45) is 1.96. The zero-order valence-electron chi connectivity index (χ0n) is 9.10. The maximum Gasteiger partial charge on any atom is 0.241 e. The first kappa shape index (κ1) is 14.0. The van der Waals surface area contributed by atoms with Crippen LogP contribution in [-0.2, 0) is 10.0 Å². The van der Waals surface area contributed by atoms with Gasteiger partial charge in [-0.15, -0.1) is 0 Å². The molecule has 0 heterocycles. The van der Waals surface area contributed by atoms with E-state index in [9.17, 15) is 8.42 Å². The number of hydrogen-bond donors (Lipinski definition) is 1. The van der Waals surface area contributed by atoms with Crippen molar-refractivity contribution in [2.24, 2.45) is 0 Å². The Hall–Kier alpha value is -0.0400. The summed E-state index contributed by atoms with van der Waals surface area (Å²) in [5.41, 5.74) is 0. The molecule has 0 aliphatic heterocycles. The van der Waals surface area contributed by atoms with E-state index in [2.05, 4.69) is 20.7 Å². The molecule has 1 aromatic carbocycles. The Balaban J connectivity index is 2.83. The molecule has 3 nitrogen and oxygen atoms in total. The molecule has 0 saturated heterocycles. The van der Waals surface area contributed by atoms with Crippen LogP contribution in [0.3, 0.4) is 0 Å². The van der Waals surface area contributed by atoms with Crippen molar-refractivity contribution in [3.63, 3.8) is 0 Å². The Morgan fingerprint density at radius 3 is 2.62 bits per heavy atom. The van der Waals surface area contributed by atoms with E-state index in [4.69, 9.17) is 0 Å². The van der Waals surface area contributed by atoms with E-state index in [1.165, 1.54) is 0 Å². The second-order valence-electron chi connectivity index (χ2n) is 3.33. The van der Waals surface area contributed by atoms with Crippen LogP contribution in [-0.4, -0.2) is 26.5 Å². The van der Waals surface area contributed by atoms with Gasteiger partial charge in [0.2, 0.25) is 10.0 Å². The minimum atomic E-state index is -3.41. The van der Waals surface area contributed by atoms with Crippen LogP contribution in [0.2, 0.25) is 0 Å². The summed E-state index contributed by atoms with van der Waals surface area (Å²) in [6, 6.07) is 6.79. The van der Waals surface area contributed by atoms with Crippen LogP contribution in [0.5, 0.6) is 0 Å². The van der Waals surface area contributed by atoms with Crippen molar-refractivity contribution in [3.8, 4) is 0 Å². The van der Waals surface area contributed by atoms with Gasteiger partial charge in [0, 0.05) is 16.3 Å². The number of benzene rings is 1. The van der Waals surface area contributed by atoms with Crippen molar-refractivity contribution >= 4 is 37.7 Å². The van der Waals surface area contributed by atoms with Gasteiger partial charge in [0.1, 0.15) is 0 Å². The molecule has 0 aliphatic carbocycles. The van der Waals surface area contributed by atoms with Crippen LogP contribution >= 0.6 is 27.7 Å². The number of thioether (sulfide) groups is 1. The lowest BCUT2D eigenvalue weighted by Gasteiger charge is -2.11. The summed E-state index contributed by atoms with van der Waals surface area (Å²) in [6.45, 7) is 2.41. The summed E-state index contributed by atoms with van der Waals surface area (Å²) in [5.74, 6) is 0. The number of rotatable bonds is 5. The third-order valence-electron chi connectivity index (χ3n) is 2.09. The third-order valence-corrected chi connectivity index (χ3v) is 5.50. The van der Waals surface area contributed by atoms with Gasteiger partial charge in [-0.1, -0.05) is 19.1 Å². The molecule has 0 aliphatic rings. The Labute approximate surface area is 109 Å². The number of sulfonamides is 1. The van der Waals surface area contributed by atoms with Gasteiger partial charge in [0.25, 0.3) is 0 Å². The molecule has 90 valence electrons. The Morgan fingerprint density at radius 2 is 2.06 bits per heavy atom. The summed E-state index contributed by atoms with van der Waals surface area (Å²) >= 11 is 4.86. The van der Waals surface area contributed by atoms with E-state index in [1.54, 1.807) is 36.0 Å². The van der Waals surface area contributed by atoms with Gasteiger partial charge in [-0.05, 0) is 34.3 Å². The number of nitrogens with one attached hydrogen (secondary N) is 1. The molecule has 0 saturated carbocycles. The van der Waals surface area contributed by atoms with Crippen molar-refractivity contribution in [1.29, 1.82) is 0 Å². The highest BCUT2D eigenvalue weighted by Gasteiger charge is 2.17. The van der Waals surface area contributed by atoms with E-state index in [0.717, 1.165) is 0 Å². The third kappa shape index (κ3) is 3.76. The second-order valence-corrected chi connectivity index (χ2v) is 7.19. The Morgan fingerprint density at radius 1 is 1.44 bits per heavy atom. The molecule has 1 unspecified atom stereocenters. The molecule has 0 fully saturated rings. The van der Waals surface area contributed by atoms with Crippen LogP contribution in [0.15, 0.2) is 33.6 Å². The maximum atomic E-state index is 11.9.